The van der Waals surface area contributed by atoms with Crippen LogP contribution in [0.5, 0.6) is 0 Å². The lowest BCUT2D eigenvalue weighted by molar-refractivity contribution is 0.595. The van der Waals surface area contributed by atoms with Crippen molar-refractivity contribution in [3.8, 4) is 0 Å². The van der Waals surface area contributed by atoms with Gasteiger partial charge in [-0.25, -0.2) is 0 Å². The lowest BCUT2D eigenvalue weighted by Crippen LogP contribution is -2.23. The molecule has 2 rings (SSSR count). The van der Waals surface area contributed by atoms with Crippen LogP contribution in [0.25, 0.3) is 0 Å². The number of likely N-dealkylation sites (N-methyl/N-ethyl adjacent to an activating group) is 1. The number of halogens is 2. The van der Waals surface area contributed by atoms with Crippen LogP contribution in [0.15, 0.2) is 53.0 Å². The van der Waals surface area contributed by atoms with Crippen LogP contribution in [0, 0.1) is 0 Å². The Balaban J connectivity index is 2.19. The second kappa shape index (κ2) is 7.82. The maximum atomic E-state index is 6.35. The molecular weight excluding hydrogens is 334 g/mol. The Morgan fingerprint density at radius 1 is 1.10 bits per heavy atom. The summed E-state index contributed by atoms with van der Waals surface area (Å²) in [6.07, 6.45) is 0.990. The van der Waals surface area contributed by atoms with Gasteiger partial charge in [-0.05, 0) is 42.3 Å². The molecule has 0 saturated heterocycles. The second-order valence-corrected chi connectivity index (χ2v) is 6.18. The molecule has 0 amide bonds. The lowest BCUT2D eigenvalue weighted by Gasteiger charge is -2.19. The van der Waals surface area contributed by atoms with Crippen molar-refractivity contribution in [1.82, 2.24) is 5.32 Å². The zero-order valence-corrected chi connectivity index (χ0v) is 13.9. The summed E-state index contributed by atoms with van der Waals surface area (Å²) < 4.78 is 1.11. The van der Waals surface area contributed by atoms with Crippen molar-refractivity contribution in [3.63, 3.8) is 0 Å². The van der Waals surface area contributed by atoms with E-state index in [0.717, 1.165) is 29.0 Å². The van der Waals surface area contributed by atoms with Crippen molar-refractivity contribution in [2.45, 2.75) is 19.3 Å². The molecule has 0 aromatic heterocycles. The van der Waals surface area contributed by atoms with Gasteiger partial charge in [0.1, 0.15) is 0 Å². The molecule has 20 heavy (non-hydrogen) atoms. The standard InChI is InChI=1S/C17H19BrClN/c1-2-20-12-14(16-5-3-4-6-17(16)19)11-13-7-9-15(18)10-8-13/h3-10,14,20H,2,11-12H2,1H3. The zero-order valence-electron chi connectivity index (χ0n) is 11.6. The molecule has 0 spiro atoms. The molecule has 1 unspecified atom stereocenters. The second-order valence-electron chi connectivity index (χ2n) is 4.86. The Morgan fingerprint density at radius 3 is 2.45 bits per heavy atom. The monoisotopic (exact) mass is 351 g/mol. The van der Waals surface area contributed by atoms with Crippen LogP contribution in [0.1, 0.15) is 24.0 Å². The predicted octanol–water partition coefficient (Wildman–Crippen LogP) is 5.04. The minimum absolute atomic E-state index is 0.393. The Labute approximate surface area is 134 Å². The molecular formula is C17H19BrClN. The average molecular weight is 353 g/mol. The van der Waals surface area contributed by atoms with E-state index in [-0.39, 0.29) is 0 Å². The van der Waals surface area contributed by atoms with Crippen LogP contribution >= 0.6 is 27.5 Å². The Hall–Kier alpha value is -0.830. The van der Waals surface area contributed by atoms with Gasteiger partial charge < -0.3 is 5.32 Å². The highest BCUT2D eigenvalue weighted by Gasteiger charge is 2.14. The molecule has 0 radical (unpaired) electrons. The minimum atomic E-state index is 0.393. The largest absolute Gasteiger partial charge is 0.316 e. The summed E-state index contributed by atoms with van der Waals surface area (Å²) in [5.74, 6) is 0.393. The highest BCUT2D eigenvalue weighted by molar-refractivity contribution is 9.10. The normalized spacial score (nSPS) is 12.3. The number of benzene rings is 2. The fraction of sp³-hybridized carbons (Fsp3) is 0.294. The SMILES string of the molecule is CCNCC(Cc1ccc(Br)cc1)c1ccccc1Cl. The van der Waals surface area contributed by atoms with Crippen molar-refractivity contribution in [2.24, 2.45) is 0 Å². The third-order valence-electron chi connectivity index (χ3n) is 3.38. The Morgan fingerprint density at radius 2 is 1.80 bits per heavy atom. The number of hydrogen-bond acceptors (Lipinski definition) is 1. The van der Waals surface area contributed by atoms with Crippen molar-refractivity contribution in [1.29, 1.82) is 0 Å². The Kier molecular flexibility index (Phi) is 6.08. The van der Waals surface area contributed by atoms with Crippen LogP contribution in [0.2, 0.25) is 5.02 Å². The summed E-state index contributed by atoms with van der Waals surface area (Å²) in [6, 6.07) is 16.6. The molecule has 0 aliphatic carbocycles. The molecule has 0 bridgehead atoms. The maximum Gasteiger partial charge on any atom is 0.0441 e. The number of hydrogen-bond donors (Lipinski definition) is 1. The van der Waals surface area contributed by atoms with Crippen LogP contribution < -0.4 is 5.32 Å². The summed E-state index contributed by atoms with van der Waals surface area (Å²) in [7, 11) is 0. The van der Waals surface area contributed by atoms with Gasteiger partial charge in [0, 0.05) is 22.0 Å². The summed E-state index contributed by atoms with van der Waals surface area (Å²) in [5, 5.41) is 4.29. The lowest BCUT2D eigenvalue weighted by atomic mass is 9.92. The third-order valence-corrected chi connectivity index (χ3v) is 4.25. The quantitative estimate of drug-likeness (QED) is 0.768. The van der Waals surface area contributed by atoms with Gasteiger partial charge in [-0.2, -0.15) is 0 Å². The molecule has 0 heterocycles. The van der Waals surface area contributed by atoms with Gasteiger partial charge >= 0.3 is 0 Å². The first-order valence-corrected chi connectivity index (χ1v) is 8.07. The van der Waals surface area contributed by atoms with Gasteiger partial charge in [0.25, 0.3) is 0 Å². The van der Waals surface area contributed by atoms with E-state index in [9.17, 15) is 0 Å². The van der Waals surface area contributed by atoms with E-state index in [1.54, 1.807) is 0 Å². The molecule has 2 aromatic carbocycles. The fourth-order valence-electron chi connectivity index (χ4n) is 2.32. The number of nitrogens with one attached hydrogen (secondary N) is 1. The third kappa shape index (κ3) is 4.34. The van der Waals surface area contributed by atoms with E-state index in [4.69, 9.17) is 11.6 Å². The maximum absolute atomic E-state index is 6.35. The van der Waals surface area contributed by atoms with E-state index in [0.29, 0.717) is 5.92 Å². The molecule has 1 nitrogen and oxygen atoms in total. The van der Waals surface area contributed by atoms with E-state index in [1.165, 1.54) is 11.1 Å². The first-order chi connectivity index (χ1) is 9.70. The molecule has 1 N–H and O–H groups in total. The molecule has 0 saturated carbocycles. The molecule has 106 valence electrons. The van der Waals surface area contributed by atoms with Crippen LogP contribution in [0.3, 0.4) is 0 Å². The van der Waals surface area contributed by atoms with Crippen LogP contribution in [-0.4, -0.2) is 13.1 Å². The smallest absolute Gasteiger partial charge is 0.0441 e. The van der Waals surface area contributed by atoms with Crippen LogP contribution in [0.4, 0.5) is 0 Å². The van der Waals surface area contributed by atoms with Gasteiger partial charge in [-0.15, -0.1) is 0 Å². The van der Waals surface area contributed by atoms with Gasteiger partial charge in [0.05, 0.1) is 0 Å². The van der Waals surface area contributed by atoms with Gasteiger partial charge in [0.15, 0.2) is 0 Å². The topological polar surface area (TPSA) is 12.0 Å². The van der Waals surface area contributed by atoms with Gasteiger partial charge in [0.2, 0.25) is 0 Å². The summed E-state index contributed by atoms with van der Waals surface area (Å²) in [6.45, 7) is 4.04. The zero-order chi connectivity index (χ0) is 14.4. The molecule has 1 atom stereocenters. The molecule has 0 aliphatic heterocycles. The van der Waals surface area contributed by atoms with E-state index in [1.807, 2.05) is 12.1 Å². The van der Waals surface area contributed by atoms with Crippen LogP contribution in [-0.2, 0) is 6.42 Å². The van der Waals surface area contributed by atoms with Crippen molar-refractivity contribution in [2.75, 3.05) is 13.1 Å². The molecule has 3 heteroatoms. The van der Waals surface area contributed by atoms with E-state index >= 15 is 0 Å². The summed E-state index contributed by atoms with van der Waals surface area (Å²) >= 11 is 9.83. The minimum Gasteiger partial charge on any atom is -0.316 e. The van der Waals surface area contributed by atoms with E-state index in [2.05, 4.69) is 64.6 Å². The van der Waals surface area contributed by atoms with Crippen molar-refractivity contribution in [3.05, 3.63) is 69.2 Å². The van der Waals surface area contributed by atoms with Crippen molar-refractivity contribution >= 4 is 27.5 Å². The van der Waals surface area contributed by atoms with Gasteiger partial charge in [-0.3, -0.25) is 0 Å². The first kappa shape index (κ1) is 15.6. The number of rotatable bonds is 6. The predicted molar refractivity (Wildman–Crippen MR) is 90.6 cm³/mol. The van der Waals surface area contributed by atoms with Crippen molar-refractivity contribution < 1.29 is 0 Å². The molecule has 0 aliphatic rings. The first-order valence-electron chi connectivity index (χ1n) is 6.90. The highest BCUT2D eigenvalue weighted by Crippen LogP contribution is 2.27. The van der Waals surface area contributed by atoms with E-state index < -0.39 is 0 Å². The fourth-order valence-corrected chi connectivity index (χ4v) is 2.88. The summed E-state index contributed by atoms with van der Waals surface area (Å²) in [5.41, 5.74) is 2.55. The Bertz CT molecular complexity index is 539. The average Bonchev–Trinajstić information content (AvgIpc) is 2.46. The summed E-state index contributed by atoms with van der Waals surface area (Å²) in [4.78, 5) is 0. The highest BCUT2D eigenvalue weighted by atomic mass is 79.9. The molecule has 0 fully saturated rings. The van der Waals surface area contributed by atoms with Gasteiger partial charge in [-0.1, -0.05) is 64.8 Å². The molecule has 2 aromatic rings.